The van der Waals surface area contributed by atoms with Gasteiger partial charge in [-0.15, -0.1) is 0 Å². The van der Waals surface area contributed by atoms with Gasteiger partial charge in [-0.2, -0.15) is 0 Å². The van der Waals surface area contributed by atoms with E-state index in [0.29, 0.717) is 25.9 Å². The highest BCUT2D eigenvalue weighted by Gasteiger charge is 2.14. The summed E-state index contributed by atoms with van der Waals surface area (Å²) in [5.41, 5.74) is 10.4. The Bertz CT molecular complexity index is 1810. The molecule has 0 unspecified atom stereocenters. The van der Waals surface area contributed by atoms with Crippen molar-refractivity contribution in [3.63, 3.8) is 0 Å². The summed E-state index contributed by atoms with van der Waals surface area (Å²) in [4.78, 5) is 32.6. The molecule has 6 rings (SSSR count). The van der Waals surface area contributed by atoms with Crippen LogP contribution >= 0.6 is 0 Å². The monoisotopic (exact) mass is 606 g/mol. The molecule has 0 bridgehead atoms. The second-order valence-electron chi connectivity index (χ2n) is 11.7. The largest absolute Gasteiger partial charge is 0.288 e. The fraction of sp³-hybridized carbons (Fsp3) is 0.211. The van der Waals surface area contributed by atoms with Crippen LogP contribution in [0, 0.1) is 6.92 Å². The molecule has 8 nitrogen and oxygen atoms in total. The van der Waals surface area contributed by atoms with E-state index in [4.69, 9.17) is 15.0 Å². The van der Waals surface area contributed by atoms with Gasteiger partial charge in [0.25, 0.3) is 0 Å². The van der Waals surface area contributed by atoms with E-state index in [0.717, 1.165) is 64.2 Å². The van der Waals surface area contributed by atoms with Gasteiger partial charge in [-0.1, -0.05) is 24.3 Å². The fourth-order valence-corrected chi connectivity index (χ4v) is 5.58. The highest BCUT2D eigenvalue weighted by atomic mass is 15.3. The van der Waals surface area contributed by atoms with E-state index in [2.05, 4.69) is 81.2 Å². The highest BCUT2D eigenvalue weighted by Crippen LogP contribution is 2.21. The summed E-state index contributed by atoms with van der Waals surface area (Å²) in [6.07, 6.45) is 10.7. The lowest BCUT2D eigenvalue weighted by molar-refractivity contribution is 0.132. The van der Waals surface area contributed by atoms with Gasteiger partial charge in [-0.25, -0.2) is 0 Å². The topological polar surface area (TPSA) is 83.8 Å². The Balaban J connectivity index is 1.13. The van der Waals surface area contributed by atoms with Gasteiger partial charge >= 0.3 is 0 Å². The summed E-state index contributed by atoms with van der Waals surface area (Å²) >= 11 is 0. The zero-order valence-electron chi connectivity index (χ0n) is 26.4. The lowest BCUT2D eigenvalue weighted by atomic mass is 10.1. The number of hydrogen-bond acceptors (Lipinski definition) is 8. The lowest BCUT2D eigenvalue weighted by Crippen LogP contribution is -2.35. The van der Waals surface area contributed by atoms with E-state index in [1.165, 1.54) is 5.56 Å². The first-order chi connectivity index (χ1) is 22.6. The summed E-state index contributed by atoms with van der Waals surface area (Å²) in [5.74, 6) is 0. The molecule has 46 heavy (non-hydrogen) atoms. The molecule has 0 saturated heterocycles. The van der Waals surface area contributed by atoms with Crippen LogP contribution in [0.5, 0.6) is 0 Å². The van der Waals surface area contributed by atoms with Crippen LogP contribution < -0.4 is 0 Å². The van der Waals surface area contributed by atoms with E-state index >= 15 is 0 Å². The third kappa shape index (κ3) is 8.94. The smallest absolute Gasteiger partial charge is 0.0550 e. The van der Waals surface area contributed by atoms with E-state index in [-0.39, 0.29) is 0 Å². The normalized spacial score (nSPS) is 11.3. The Morgan fingerprint density at radius 2 is 1.09 bits per heavy atom. The Hall–Kier alpha value is -5.18. The molecule has 0 spiro atoms. The molecule has 0 fully saturated rings. The molecule has 0 N–H and O–H groups in total. The fourth-order valence-electron chi connectivity index (χ4n) is 5.58. The molecule has 0 radical (unpaired) electrons. The van der Waals surface area contributed by atoms with Crippen molar-refractivity contribution in [2.75, 3.05) is 13.7 Å². The van der Waals surface area contributed by atoms with Crippen LogP contribution in [0.1, 0.15) is 45.4 Å². The quantitative estimate of drug-likeness (QED) is 0.142. The molecule has 0 saturated carbocycles. The molecule has 0 aliphatic heterocycles. The summed E-state index contributed by atoms with van der Waals surface area (Å²) in [5, 5.41) is 0. The van der Waals surface area contributed by atoms with Crippen LogP contribution in [0.25, 0.3) is 11.1 Å². The molecular weight excluding hydrogens is 568 g/mol. The van der Waals surface area contributed by atoms with Crippen molar-refractivity contribution in [3.8, 4) is 11.1 Å². The highest BCUT2D eigenvalue weighted by molar-refractivity contribution is 5.62. The number of aromatic nitrogens is 6. The molecular formula is C38H38N8. The number of nitrogens with zero attached hydrogens (tertiary/aromatic N) is 8. The minimum Gasteiger partial charge on any atom is -0.288 e. The van der Waals surface area contributed by atoms with Crippen LogP contribution in [0.15, 0.2) is 122 Å². The molecule has 6 heterocycles. The van der Waals surface area contributed by atoms with Crippen molar-refractivity contribution in [1.29, 1.82) is 0 Å². The SMILES string of the molecule is Cc1cc(Cc2ccccn2)nc(Cc2ccc(-c3ccnc(CN(Cc4ccccn4)CN(C)Cc4ccccn4)c3)cn2)c1. The average molecular weight is 607 g/mol. The number of hydrogen-bond donors (Lipinski definition) is 0. The predicted octanol–water partition coefficient (Wildman–Crippen LogP) is 6.31. The zero-order chi connectivity index (χ0) is 31.6. The van der Waals surface area contributed by atoms with Crippen molar-refractivity contribution in [3.05, 3.63) is 167 Å². The van der Waals surface area contributed by atoms with Gasteiger partial charge in [0, 0.05) is 91.8 Å². The third-order valence-electron chi connectivity index (χ3n) is 7.60. The first-order valence-corrected chi connectivity index (χ1v) is 15.5. The second-order valence-corrected chi connectivity index (χ2v) is 11.7. The van der Waals surface area contributed by atoms with Crippen molar-refractivity contribution < 1.29 is 0 Å². The number of rotatable bonds is 13. The molecule has 230 valence electrons. The van der Waals surface area contributed by atoms with Crippen molar-refractivity contribution in [1.82, 2.24) is 39.7 Å². The van der Waals surface area contributed by atoms with E-state index in [9.17, 15) is 0 Å². The molecule has 6 aromatic rings. The van der Waals surface area contributed by atoms with Gasteiger partial charge in [0.1, 0.15) is 0 Å². The van der Waals surface area contributed by atoms with Crippen LogP contribution in [0.3, 0.4) is 0 Å². The maximum Gasteiger partial charge on any atom is 0.0550 e. The summed E-state index contributed by atoms with van der Waals surface area (Å²) in [6.45, 7) is 5.01. The number of aryl methyl sites for hydroxylation is 1. The Labute approximate surface area is 270 Å². The molecule has 0 aliphatic carbocycles. The van der Waals surface area contributed by atoms with E-state index in [1.54, 1.807) is 0 Å². The predicted molar refractivity (Wildman–Crippen MR) is 180 cm³/mol. The van der Waals surface area contributed by atoms with Crippen molar-refractivity contribution in [2.24, 2.45) is 0 Å². The maximum atomic E-state index is 4.91. The third-order valence-corrected chi connectivity index (χ3v) is 7.60. The molecule has 0 aromatic carbocycles. The van der Waals surface area contributed by atoms with Crippen LogP contribution in [0.4, 0.5) is 0 Å². The van der Waals surface area contributed by atoms with Gasteiger partial charge in [-0.3, -0.25) is 39.7 Å². The standard InChI is InChI=1S/C38H38N8/c1-29-19-36(22-32-9-3-6-15-39-32)44-37(20-29)23-33-13-12-31(24-43-33)30-14-18-42-38(21-30)27-46(26-35-11-5-8-17-41-35)28-45(2)25-34-10-4-7-16-40-34/h3-21,24H,22-23,25-28H2,1-2H3. The molecule has 0 atom stereocenters. The summed E-state index contributed by atoms with van der Waals surface area (Å²) < 4.78 is 0. The Morgan fingerprint density at radius 1 is 0.500 bits per heavy atom. The first-order valence-electron chi connectivity index (χ1n) is 15.5. The van der Waals surface area contributed by atoms with Gasteiger partial charge < -0.3 is 0 Å². The van der Waals surface area contributed by atoms with E-state index < -0.39 is 0 Å². The molecule has 0 amide bonds. The van der Waals surface area contributed by atoms with Gasteiger partial charge in [-0.05, 0) is 91.8 Å². The zero-order valence-corrected chi connectivity index (χ0v) is 26.4. The van der Waals surface area contributed by atoms with Gasteiger partial charge in [0.2, 0.25) is 0 Å². The maximum absolute atomic E-state index is 4.91. The summed E-state index contributed by atoms with van der Waals surface area (Å²) in [7, 11) is 2.12. The average Bonchev–Trinajstić information content (AvgIpc) is 3.06. The minimum absolute atomic E-state index is 0.674. The van der Waals surface area contributed by atoms with Gasteiger partial charge in [0.15, 0.2) is 0 Å². The van der Waals surface area contributed by atoms with E-state index in [1.807, 2.05) is 79.5 Å². The molecule has 6 aromatic heterocycles. The molecule has 0 aliphatic rings. The van der Waals surface area contributed by atoms with Crippen LogP contribution in [-0.4, -0.2) is 53.4 Å². The number of pyridine rings is 6. The van der Waals surface area contributed by atoms with Gasteiger partial charge in [0.05, 0.1) is 23.8 Å². The Morgan fingerprint density at radius 3 is 1.70 bits per heavy atom. The lowest BCUT2D eigenvalue weighted by Gasteiger charge is -2.27. The molecule has 8 heteroatoms. The van der Waals surface area contributed by atoms with Crippen LogP contribution in [-0.2, 0) is 32.5 Å². The summed E-state index contributed by atoms with van der Waals surface area (Å²) in [6, 6.07) is 30.8. The van der Waals surface area contributed by atoms with Crippen molar-refractivity contribution >= 4 is 0 Å². The van der Waals surface area contributed by atoms with Crippen LogP contribution in [0.2, 0.25) is 0 Å². The minimum atomic E-state index is 0.674. The second kappa shape index (κ2) is 15.2. The first kappa shape index (κ1) is 30.8. The Kier molecular flexibility index (Phi) is 10.2. The van der Waals surface area contributed by atoms with Crippen molar-refractivity contribution in [2.45, 2.75) is 39.4 Å².